The number of aromatic nitrogens is 3. The fourth-order valence-electron chi connectivity index (χ4n) is 3.21. The first-order chi connectivity index (χ1) is 15.7. The molecule has 1 aromatic carbocycles. The molecule has 2 aliphatic rings. The lowest BCUT2D eigenvalue weighted by Crippen LogP contribution is -2.45. The van der Waals surface area contributed by atoms with Gasteiger partial charge in [-0.3, -0.25) is 9.53 Å². The number of hydrogen-bond donors (Lipinski definition) is 1. The van der Waals surface area contributed by atoms with Crippen LogP contribution >= 0.6 is 11.6 Å². The number of ether oxygens (including phenoxy) is 3. The van der Waals surface area contributed by atoms with E-state index < -0.39 is 18.3 Å². The Balaban J connectivity index is 0.000000203. The summed E-state index contributed by atoms with van der Waals surface area (Å²) in [5.74, 6) is -0.739. The minimum atomic E-state index is -4.60. The highest BCUT2D eigenvalue weighted by atomic mass is 35.5. The summed E-state index contributed by atoms with van der Waals surface area (Å²) >= 11 is 5.52. The third-order valence-corrected chi connectivity index (χ3v) is 5.19. The van der Waals surface area contributed by atoms with Crippen LogP contribution in [0.25, 0.3) is 5.69 Å². The summed E-state index contributed by atoms with van der Waals surface area (Å²) in [7, 11) is 0. The van der Waals surface area contributed by atoms with Crippen molar-refractivity contribution in [2.75, 3.05) is 19.8 Å². The number of carbonyl (C=O) groups excluding carboxylic acids is 1. The lowest BCUT2D eigenvalue weighted by Gasteiger charge is -2.35. The number of alkyl halides is 3. The molecule has 1 unspecified atom stereocenters. The molecule has 1 saturated heterocycles. The largest absolute Gasteiger partial charge is 0.522 e. The van der Waals surface area contributed by atoms with Gasteiger partial charge in [-0.25, -0.2) is 4.39 Å². The Kier molecular flexibility index (Phi) is 9.01. The maximum atomic E-state index is 13.0. The highest BCUT2D eigenvalue weighted by Gasteiger charge is 2.40. The molecule has 8 nitrogen and oxygen atoms in total. The number of nitrogens with zero attached hydrogens (tertiary/aromatic N) is 3. The molecule has 1 aliphatic heterocycles. The minimum absolute atomic E-state index is 0.00236. The molecule has 0 bridgehead atoms. The van der Waals surface area contributed by atoms with Crippen molar-refractivity contribution in [3.05, 3.63) is 41.4 Å². The van der Waals surface area contributed by atoms with Crippen molar-refractivity contribution in [1.29, 1.82) is 0 Å². The van der Waals surface area contributed by atoms with E-state index in [1.165, 1.54) is 29.3 Å². The molecular weight excluding hydrogens is 472 g/mol. The normalized spacial score (nSPS) is 22.6. The van der Waals surface area contributed by atoms with Crippen LogP contribution in [0.1, 0.15) is 25.7 Å². The second-order valence-corrected chi connectivity index (χ2v) is 7.90. The zero-order valence-corrected chi connectivity index (χ0v) is 18.2. The molecule has 33 heavy (non-hydrogen) atoms. The zero-order chi connectivity index (χ0) is 23.8. The maximum absolute atomic E-state index is 13.0. The molecule has 4 rings (SSSR count). The lowest BCUT2D eigenvalue weighted by molar-refractivity contribution is -0.357. The van der Waals surface area contributed by atoms with Crippen molar-refractivity contribution >= 4 is 17.5 Å². The Bertz CT molecular complexity index is 889. The molecular formula is C20H23ClF4N4O4. The van der Waals surface area contributed by atoms with Gasteiger partial charge in [-0.2, -0.15) is 15.0 Å². The van der Waals surface area contributed by atoms with Crippen molar-refractivity contribution < 1.29 is 36.6 Å². The summed E-state index contributed by atoms with van der Waals surface area (Å²) in [5, 5.41) is 10.6. The third-order valence-electron chi connectivity index (χ3n) is 4.88. The Morgan fingerprint density at radius 2 is 1.97 bits per heavy atom. The first kappa shape index (κ1) is 25.3. The van der Waals surface area contributed by atoms with E-state index in [0.717, 1.165) is 12.8 Å². The second kappa shape index (κ2) is 11.7. The first-order valence-electron chi connectivity index (χ1n) is 10.2. The summed E-state index contributed by atoms with van der Waals surface area (Å²) in [4.78, 5) is 12.9. The molecule has 182 valence electrons. The average molecular weight is 495 g/mol. The topological polar surface area (TPSA) is 87.5 Å². The Morgan fingerprint density at radius 3 is 2.58 bits per heavy atom. The van der Waals surface area contributed by atoms with Crippen molar-refractivity contribution in [3.63, 3.8) is 0 Å². The molecule has 1 N–H and O–H groups in total. The van der Waals surface area contributed by atoms with Crippen molar-refractivity contribution in [3.8, 4) is 5.69 Å². The van der Waals surface area contributed by atoms with Crippen LogP contribution in [0.4, 0.5) is 17.6 Å². The smallest absolute Gasteiger partial charge is 0.379 e. The van der Waals surface area contributed by atoms with Crippen molar-refractivity contribution in [2.45, 2.75) is 50.3 Å². The van der Waals surface area contributed by atoms with E-state index in [1.54, 1.807) is 6.07 Å². The SMILES string of the molecule is Fc1cc(-n2nccn2)ccc1Cl.O=C(COC1CC(OC(F)(F)F)C1)NC1CCCOC1. The van der Waals surface area contributed by atoms with Gasteiger partial charge >= 0.3 is 6.36 Å². The quantitative estimate of drug-likeness (QED) is 0.619. The Labute approximate surface area is 192 Å². The molecule has 1 atom stereocenters. The van der Waals surface area contributed by atoms with Crippen molar-refractivity contribution in [2.24, 2.45) is 0 Å². The number of amides is 1. The molecule has 2 aromatic rings. The van der Waals surface area contributed by atoms with E-state index >= 15 is 0 Å². The Morgan fingerprint density at radius 1 is 1.24 bits per heavy atom. The molecule has 2 heterocycles. The van der Waals surface area contributed by atoms with Crippen LogP contribution in [0, 0.1) is 5.82 Å². The highest BCUT2D eigenvalue weighted by molar-refractivity contribution is 6.30. The maximum Gasteiger partial charge on any atom is 0.522 e. The summed E-state index contributed by atoms with van der Waals surface area (Å²) < 4.78 is 62.9. The van der Waals surface area contributed by atoms with Gasteiger partial charge in [-0.15, -0.1) is 13.2 Å². The predicted octanol–water partition coefficient (Wildman–Crippen LogP) is 3.43. The molecule has 1 amide bonds. The molecule has 2 fully saturated rings. The van der Waals surface area contributed by atoms with Gasteiger partial charge in [-0.1, -0.05) is 11.6 Å². The fourth-order valence-corrected chi connectivity index (χ4v) is 3.33. The van der Waals surface area contributed by atoms with Gasteiger partial charge in [0.25, 0.3) is 0 Å². The highest BCUT2D eigenvalue weighted by Crippen LogP contribution is 2.32. The summed E-state index contributed by atoms with van der Waals surface area (Å²) in [6.45, 7) is 1.07. The summed E-state index contributed by atoms with van der Waals surface area (Å²) in [5.41, 5.74) is 0.548. The van der Waals surface area contributed by atoms with Gasteiger partial charge in [0.05, 0.1) is 48.0 Å². The summed E-state index contributed by atoms with van der Waals surface area (Å²) in [6, 6.07) is 4.39. The monoisotopic (exact) mass is 494 g/mol. The van der Waals surface area contributed by atoms with Crippen LogP contribution in [0.2, 0.25) is 5.02 Å². The zero-order valence-electron chi connectivity index (χ0n) is 17.4. The van der Waals surface area contributed by atoms with E-state index in [1.807, 2.05) is 0 Å². The molecule has 13 heteroatoms. The Hall–Kier alpha value is -2.28. The number of nitrogens with one attached hydrogen (secondary N) is 1. The number of hydrogen-bond acceptors (Lipinski definition) is 6. The molecule has 0 spiro atoms. The first-order valence-corrected chi connectivity index (χ1v) is 10.6. The van der Waals surface area contributed by atoms with Crippen LogP contribution in [-0.2, 0) is 19.0 Å². The number of rotatable bonds is 6. The molecule has 1 aliphatic carbocycles. The third kappa shape index (κ3) is 8.54. The number of carbonyl (C=O) groups is 1. The molecule has 1 saturated carbocycles. The van der Waals surface area contributed by atoms with Crippen LogP contribution in [0.5, 0.6) is 0 Å². The van der Waals surface area contributed by atoms with Crippen LogP contribution in [0.3, 0.4) is 0 Å². The second-order valence-electron chi connectivity index (χ2n) is 7.49. The van der Waals surface area contributed by atoms with E-state index in [-0.39, 0.29) is 42.5 Å². The average Bonchev–Trinajstić information content (AvgIpc) is 3.27. The van der Waals surface area contributed by atoms with Gasteiger partial charge in [-0.05, 0) is 25.0 Å². The van der Waals surface area contributed by atoms with E-state index in [4.69, 9.17) is 21.1 Å². The van der Waals surface area contributed by atoms with Crippen molar-refractivity contribution in [1.82, 2.24) is 20.3 Å². The van der Waals surface area contributed by atoms with Gasteiger partial charge in [0, 0.05) is 25.5 Å². The van der Waals surface area contributed by atoms with Gasteiger partial charge in [0.1, 0.15) is 12.4 Å². The summed E-state index contributed by atoms with van der Waals surface area (Å²) in [6.07, 6.45) is -0.640. The van der Waals surface area contributed by atoms with Crippen LogP contribution in [0.15, 0.2) is 30.6 Å². The minimum Gasteiger partial charge on any atom is -0.379 e. The van der Waals surface area contributed by atoms with Gasteiger partial charge in [0.15, 0.2) is 0 Å². The van der Waals surface area contributed by atoms with E-state index in [9.17, 15) is 22.4 Å². The van der Waals surface area contributed by atoms with Crippen LogP contribution < -0.4 is 5.32 Å². The fraction of sp³-hybridized carbons (Fsp3) is 0.550. The van der Waals surface area contributed by atoms with E-state index in [0.29, 0.717) is 18.9 Å². The van der Waals surface area contributed by atoms with E-state index in [2.05, 4.69) is 20.3 Å². The number of halogens is 5. The predicted molar refractivity (Wildman–Crippen MR) is 108 cm³/mol. The molecule has 1 aromatic heterocycles. The lowest BCUT2D eigenvalue weighted by atomic mass is 9.92. The number of benzene rings is 1. The standard InChI is InChI=1S/C12H18F3NO4.C8H5ClFN3/c13-12(14,15)20-10-4-9(5-10)19-7-11(17)16-8-2-1-3-18-6-8;9-7-2-1-6(5-8(7)10)13-11-3-4-12-13/h8-10H,1-7H2,(H,16,17);1-5H. The molecule has 0 radical (unpaired) electrons. The van der Waals surface area contributed by atoms with Crippen LogP contribution in [-0.4, -0.2) is 65.3 Å². The van der Waals surface area contributed by atoms with Gasteiger partial charge in [0.2, 0.25) is 5.91 Å². The van der Waals surface area contributed by atoms with Gasteiger partial charge < -0.3 is 14.8 Å².